The van der Waals surface area contributed by atoms with Gasteiger partial charge >= 0.3 is 0 Å². The van der Waals surface area contributed by atoms with Crippen LogP contribution in [0.4, 0.5) is 5.82 Å². The highest BCUT2D eigenvalue weighted by Gasteiger charge is 2.18. The zero-order valence-corrected chi connectivity index (χ0v) is 19.6. The number of aromatic nitrogens is 4. The van der Waals surface area contributed by atoms with Gasteiger partial charge in [0.05, 0.1) is 26.7 Å². The number of nitrogens with zero attached hydrogens (tertiary/aromatic N) is 4. The van der Waals surface area contributed by atoms with Gasteiger partial charge in [-0.3, -0.25) is 0 Å². The number of benzene rings is 2. The van der Waals surface area contributed by atoms with E-state index in [9.17, 15) is 8.42 Å². The number of halogens is 2. The van der Waals surface area contributed by atoms with Crippen molar-refractivity contribution in [2.45, 2.75) is 18.7 Å². The van der Waals surface area contributed by atoms with Gasteiger partial charge in [0.2, 0.25) is 10.0 Å². The van der Waals surface area contributed by atoms with Crippen molar-refractivity contribution in [1.29, 1.82) is 0 Å². The molecule has 0 unspecified atom stereocenters. The Labute approximate surface area is 195 Å². The van der Waals surface area contributed by atoms with E-state index in [2.05, 4.69) is 25.1 Å². The molecular weight excluding hydrogens is 471 g/mol. The van der Waals surface area contributed by atoms with E-state index in [1.807, 2.05) is 25.1 Å². The fraction of sp³-hybridized carbons (Fsp3) is 0.190. The first kappa shape index (κ1) is 22.5. The first-order chi connectivity index (χ1) is 15.3. The molecule has 0 atom stereocenters. The van der Waals surface area contributed by atoms with Crippen LogP contribution in [0.3, 0.4) is 0 Å². The third kappa shape index (κ3) is 4.56. The van der Waals surface area contributed by atoms with Crippen LogP contribution in [0, 0.1) is 13.8 Å². The Bertz CT molecular complexity index is 1390. The maximum atomic E-state index is 12.4. The third-order valence-corrected chi connectivity index (χ3v) is 6.78. The van der Waals surface area contributed by atoms with Crippen molar-refractivity contribution in [2.24, 2.45) is 0 Å². The number of nitrogens with one attached hydrogen (secondary N) is 2. The standard InChI is InChI=1S/C21H20Cl2N6O2S/c1-13-19-20(24-11-12-25-32(30,31)16-9-7-15(22)8-10-16)26-14(2)27-21(19)29(28-13)18-6-4-3-5-17(18)23/h3-10,25H,11-12H2,1-2H3,(H,24,26,27). The molecule has 2 aromatic heterocycles. The highest BCUT2D eigenvalue weighted by Crippen LogP contribution is 2.28. The molecule has 0 saturated heterocycles. The highest BCUT2D eigenvalue weighted by molar-refractivity contribution is 7.89. The van der Waals surface area contributed by atoms with Crippen molar-refractivity contribution < 1.29 is 8.42 Å². The molecule has 0 aliphatic carbocycles. The summed E-state index contributed by atoms with van der Waals surface area (Å²) in [7, 11) is -3.64. The molecule has 4 rings (SSSR count). The van der Waals surface area contributed by atoms with E-state index in [0.29, 0.717) is 39.6 Å². The number of aryl methyl sites for hydroxylation is 2. The van der Waals surface area contributed by atoms with E-state index in [0.717, 1.165) is 11.1 Å². The lowest BCUT2D eigenvalue weighted by Crippen LogP contribution is -2.29. The van der Waals surface area contributed by atoms with Gasteiger partial charge in [0, 0.05) is 18.1 Å². The van der Waals surface area contributed by atoms with Crippen LogP contribution < -0.4 is 10.0 Å². The predicted molar refractivity (Wildman–Crippen MR) is 126 cm³/mol. The number of fused-ring (bicyclic) bond motifs is 1. The molecule has 8 nitrogen and oxygen atoms in total. The Morgan fingerprint density at radius 2 is 1.69 bits per heavy atom. The number of anilines is 1. The van der Waals surface area contributed by atoms with Crippen LogP contribution in [0.25, 0.3) is 16.7 Å². The summed E-state index contributed by atoms with van der Waals surface area (Å²) in [4.78, 5) is 9.20. The van der Waals surface area contributed by atoms with Gasteiger partial charge in [-0.2, -0.15) is 5.10 Å². The van der Waals surface area contributed by atoms with Crippen LogP contribution in [0.15, 0.2) is 53.4 Å². The minimum Gasteiger partial charge on any atom is -0.368 e. The summed E-state index contributed by atoms with van der Waals surface area (Å²) in [6.45, 7) is 4.12. The second-order valence-electron chi connectivity index (χ2n) is 7.05. The van der Waals surface area contributed by atoms with Crippen molar-refractivity contribution in [1.82, 2.24) is 24.5 Å². The highest BCUT2D eigenvalue weighted by atomic mass is 35.5. The van der Waals surface area contributed by atoms with Crippen molar-refractivity contribution in [3.8, 4) is 5.69 Å². The second kappa shape index (κ2) is 9.03. The molecule has 0 aliphatic heterocycles. The summed E-state index contributed by atoms with van der Waals surface area (Å²) in [6, 6.07) is 13.4. The van der Waals surface area contributed by atoms with Crippen LogP contribution in [-0.4, -0.2) is 41.3 Å². The number of rotatable bonds is 7. The van der Waals surface area contributed by atoms with Crippen LogP contribution in [0.2, 0.25) is 10.0 Å². The number of para-hydroxylation sites is 1. The van der Waals surface area contributed by atoms with E-state index >= 15 is 0 Å². The Balaban J connectivity index is 1.55. The summed E-state index contributed by atoms with van der Waals surface area (Å²) >= 11 is 12.2. The van der Waals surface area contributed by atoms with Crippen LogP contribution in [-0.2, 0) is 10.0 Å². The monoisotopic (exact) mass is 490 g/mol. The average molecular weight is 491 g/mol. The second-order valence-corrected chi connectivity index (χ2v) is 9.66. The fourth-order valence-electron chi connectivity index (χ4n) is 3.27. The normalized spacial score (nSPS) is 11.8. The van der Waals surface area contributed by atoms with Crippen molar-refractivity contribution in [3.05, 3.63) is 70.1 Å². The SMILES string of the molecule is Cc1nc(NCCNS(=O)(=O)c2ccc(Cl)cc2)c2c(C)nn(-c3ccccc3Cl)c2n1. The predicted octanol–water partition coefficient (Wildman–Crippen LogP) is 4.13. The minimum absolute atomic E-state index is 0.152. The quantitative estimate of drug-likeness (QED) is 0.377. The lowest BCUT2D eigenvalue weighted by Gasteiger charge is -2.10. The number of sulfonamides is 1. The van der Waals surface area contributed by atoms with Crippen molar-refractivity contribution in [3.63, 3.8) is 0 Å². The molecule has 4 aromatic rings. The Hall–Kier alpha value is -2.72. The van der Waals surface area contributed by atoms with Crippen LogP contribution >= 0.6 is 23.2 Å². The molecule has 11 heteroatoms. The summed E-state index contributed by atoms with van der Waals surface area (Å²) in [5, 5.41) is 9.58. The zero-order chi connectivity index (χ0) is 22.9. The number of hydrogen-bond donors (Lipinski definition) is 2. The molecule has 2 N–H and O–H groups in total. The first-order valence-corrected chi connectivity index (χ1v) is 12.0. The maximum absolute atomic E-state index is 12.4. The van der Waals surface area contributed by atoms with E-state index < -0.39 is 10.0 Å². The van der Waals surface area contributed by atoms with Gasteiger partial charge in [0.1, 0.15) is 11.6 Å². The van der Waals surface area contributed by atoms with Gasteiger partial charge in [0.15, 0.2) is 5.65 Å². The molecule has 0 radical (unpaired) electrons. The molecule has 0 bridgehead atoms. The lowest BCUT2D eigenvalue weighted by molar-refractivity contribution is 0.583. The van der Waals surface area contributed by atoms with E-state index in [1.165, 1.54) is 24.3 Å². The fourth-order valence-corrected chi connectivity index (χ4v) is 4.65. The molecule has 32 heavy (non-hydrogen) atoms. The Morgan fingerprint density at radius 1 is 0.969 bits per heavy atom. The van der Waals surface area contributed by atoms with Crippen LogP contribution in [0.1, 0.15) is 11.5 Å². The van der Waals surface area contributed by atoms with Crippen molar-refractivity contribution >= 4 is 50.1 Å². The van der Waals surface area contributed by atoms with Gasteiger partial charge < -0.3 is 5.32 Å². The smallest absolute Gasteiger partial charge is 0.240 e. The Kier molecular flexibility index (Phi) is 6.34. The average Bonchev–Trinajstić information content (AvgIpc) is 3.08. The topological polar surface area (TPSA) is 102 Å². The summed E-state index contributed by atoms with van der Waals surface area (Å²) in [5.41, 5.74) is 2.06. The summed E-state index contributed by atoms with van der Waals surface area (Å²) in [5.74, 6) is 1.13. The van der Waals surface area contributed by atoms with E-state index in [-0.39, 0.29) is 11.4 Å². The third-order valence-electron chi connectivity index (χ3n) is 4.73. The number of hydrogen-bond acceptors (Lipinski definition) is 6. The van der Waals surface area contributed by atoms with Gasteiger partial charge in [0.25, 0.3) is 0 Å². The summed E-state index contributed by atoms with van der Waals surface area (Å²) in [6.07, 6.45) is 0. The van der Waals surface area contributed by atoms with Gasteiger partial charge in [-0.15, -0.1) is 0 Å². The summed E-state index contributed by atoms with van der Waals surface area (Å²) < 4.78 is 29.1. The largest absolute Gasteiger partial charge is 0.368 e. The van der Waals surface area contributed by atoms with E-state index in [4.69, 9.17) is 23.2 Å². The molecular formula is C21H20Cl2N6O2S. The van der Waals surface area contributed by atoms with Crippen LogP contribution in [0.5, 0.6) is 0 Å². The Morgan fingerprint density at radius 3 is 2.41 bits per heavy atom. The molecule has 2 heterocycles. The van der Waals surface area contributed by atoms with Gasteiger partial charge in [-0.05, 0) is 50.2 Å². The maximum Gasteiger partial charge on any atom is 0.240 e. The molecule has 2 aromatic carbocycles. The molecule has 166 valence electrons. The molecule has 0 saturated carbocycles. The first-order valence-electron chi connectivity index (χ1n) is 9.74. The van der Waals surface area contributed by atoms with E-state index in [1.54, 1.807) is 17.7 Å². The zero-order valence-electron chi connectivity index (χ0n) is 17.3. The van der Waals surface area contributed by atoms with Gasteiger partial charge in [-0.1, -0.05) is 35.3 Å². The molecule has 0 fully saturated rings. The molecule has 0 spiro atoms. The molecule has 0 aliphatic rings. The molecule has 0 amide bonds. The van der Waals surface area contributed by atoms with Gasteiger partial charge in [-0.25, -0.2) is 27.8 Å². The van der Waals surface area contributed by atoms with Crippen molar-refractivity contribution in [2.75, 3.05) is 18.4 Å². The minimum atomic E-state index is -3.64. The lowest BCUT2D eigenvalue weighted by atomic mass is 10.3.